The molecule has 0 saturated heterocycles. The predicted molar refractivity (Wildman–Crippen MR) is 82.0 cm³/mol. The van der Waals surface area contributed by atoms with E-state index in [2.05, 4.69) is 24.8 Å². The van der Waals surface area contributed by atoms with Crippen molar-refractivity contribution in [2.24, 2.45) is 5.16 Å². The number of hydrogen-bond donors (Lipinski definition) is 0. The minimum atomic E-state index is -1.84. The summed E-state index contributed by atoms with van der Waals surface area (Å²) in [6.07, 6.45) is 0. The lowest BCUT2D eigenvalue weighted by Gasteiger charge is -2.30. The van der Waals surface area contributed by atoms with Crippen LogP contribution in [0.4, 0.5) is 5.69 Å². The topological polar surface area (TPSA) is 51.1 Å². The monoisotopic (exact) mass is 292 g/mol. The van der Waals surface area contributed by atoms with Crippen molar-refractivity contribution in [2.75, 3.05) is 18.3 Å². The summed E-state index contributed by atoms with van der Waals surface area (Å²) in [5.74, 6) is 0.624. The van der Waals surface area contributed by atoms with Crippen LogP contribution in [-0.2, 0) is 9.63 Å². The van der Waals surface area contributed by atoms with Crippen molar-refractivity contribution in [1.29, 1.82) is 0 Å². The summed E-state index contributed by atoms with van der Waals surface area (Å²) in [6, 6.07) is 5.62. The minimum Gasteiger partial charge on any atom is -0.497 e. The molecule has 1 amide bonds. The SMILES string of the molecule is CCO/N=C1\C(=O)N([Si](C)(C)C)c2ccc(OC)cc21. The van der Waals surface area contributed by atoms with Gasteiger partial charge in [-0.05, 0) is 25.1 Å². The van der Waals surface area contributed by atoms with Gasteiger partial charge >= 0.3 is 0 Å². The van der Waals surface area contributed by atoms with Crippen molar-refractivity contribution in [3.8, 4) is 5.75 Å². The van der Waals surface area contributed by atoms with Gasteiger partial charge < -0.3 is 14.1 Å². The smallest absolute Gasteiger partial charge is 0.273 e. The molecule has 0 fully saturated rings. The molecule has 1 heterocycles. The third-order valence-electron chi connectivity index (χ3n) is 3.06. The van der Waals surface area contributed by atoms with Gasteiger partial charge in [0.05, 0.1) is 7.11 Å². The highest BCUT2D eigenvalue weighted by Crippen LogP contribution is 2.35. The van der Waals surface area contributed by atoms with Crippen molar-refractivity contribution < 1.29 is 14.4 Å². The van der Waals surface area contributed by atoms with Gasteiger partial charge in [-0.15, -0.1) is 0 Å². The molecule has 0 aliphatic carbocycles. The second-order valence-corrected chi connectivity index (χ2v) is 10.3. The highest BCUT2D eigenvalue weighted by molar-refractivity contribution is 6.87. The first-order valence-corrected chi connectivity index (χ1v) is 10.1. The Balaban J connectivity index is 2.58. The van der Waals surface area contributed by atoms with Crippen molar-refractivity contribution in [1.82, 2.24) is 0 Å². The Kier molecular flexibility index (Phi) is 3.85. The largest absolute Gasteiger partial charge is 0.497 e. The molecule has 1 aromatic rings. The fourth-order valence-corrected chi connectivity index (χ4v) is 3.87. The fraction of sp³-hybridized carbons (Fsp3) is 0.429. The van der Waals surface area contributed by atoms with E-state index < -0.39 is 8.24 Å². The lowest BCUT2D eigenvalue weighted by molar-refractivity contribution is -0.111. The zero-order valence-corrected chi connectivity index (χ0v) is 13.6. The number of hydrogen-bond acceptors (Lipinski definition) is 4. The number of methoxy groups -OCH3 is 1. The van der Waals surface area contributed by atoms with Crippen LogP contribution >= 0.6 is 0 Å². The number of ether oxygens (including phenoxy) is 1. The van der Waals surface area contributed by atoms with Crippen molar-refractivity contribution >= 4 is 25.5 Å². The first kappa shape index (κ1) is 14.6. The number of carbonyl (C=O) groups excluding carboxylic acids is 1. The molecule has 2 rings (SSSR count). The Morgan fingerprint density at radius 3 is 2.55 bits per heavy atom. The van der Waals surface area contributed by atoms with Crippen molar-refractivity contribution in [2.45, 2.75) is 26.6 Å². The highest BCUT2D eigenvalue weighted by atomic mass is 28.3. The first-order chi connectivity index (χ1) is 9.40. The van der Waals surface area contributed by atoms with Gasteiger partial charge in [-0.1, -0.05) is 24.8 Å². The maximum atomic E-state index is 12.6. The molecule has 0 aromatic heterocycles. The average molecular weight is 292 g/mol. The Labute approximate surface area is 120 Å². The van der Waals surface area contributed by atoms with Gasteiger partial charge in [-0.3, -0.25) is 4.79 Å². The van der Waals surface area contributed by atoms with Crippen molar-refractivity contribution in [3.63, 3.8) is 0 Å². The molecule has 108 valence electrons. The van der Waals surface area contributed by atoms with Crippen LogP contribution in [0.15, 0.2) is 23.4 Å². The van der Waals surface area contributed by atoms with Crippen LogP contribution in [-0.4, -0.2) is 33.6 Å². The maximum Gasteiger partial charge on any atom is 0.273 e. The molecule has 1 aromatic carbocycles. The van der Waals surface area contributed by atoms with E-state index in [-0.39, 0.29) is 5.91 Å². The van der Waals surface area contributed by atoms with Gasteiger partial charge in [0, 0.05) is 11.3 Å². The molecule has 5 nitrogen and oxygen atoms in total. The van der Waals surface area contributed by atoms with Crippen LogP contribution in [0.5, 0.6) is 5.75 Å². The lowest BCUT2D eigenvalue weighted by atomic mass is 10.1. The molecule has 0 spiro atoms. The molecular weight excluding hydrogens is 272 g/mol. The van der Waals surface area contributed by atoms with Gasteiger partial charge in [-0.25, -0.2) is 0 Å². The zero-order chi connectivity index (χ0) is 14.9. The normalized spacial score (nSPS) is 16.6. The van der Waals surface area contributed by atoms with E-state index in [0.717, 1.165) is 11.3 Å². The summed E-state index contributed by atoms with van der Waals surface area (Å²) in [4.78, 5) is 17.7. The third-order valence-corrected chi connectivity index (χ3v) is 4.85. The van der Waals surface area contributed by atoms with Gasteiger partial charge in [0.1, 0.15) is 12.4 Å². The average Bonchev–Trinajstić information content (AvgIpc) is 2.67. The summed E-state index contributed by atoms with van der Waals surface area (Å²) in [5.41, 5.74) is 2.04. The minimum absolute atomic E-state index is 0.0825. The molecule has 1 aliphatic heterocycles. The van der Waals surface area contributed by atoms with E-state index in [1.165, 1.54) is 0 Å². The molecule has 6 heteroatoms. The van der Waals surface area contributed by atoms with Gasteiger partial charge in [0.25, 0.3) is 5.91 Å². The second-order valence-electron chi connectivity index (χ2n) is 5.55. The van der Waals surface area contributed by atoms with E-state index in [1.54, 1.807) is 7.11 Å². The number of rotatable bonds is 4. The number of carbonyl (C=O) groups is 1. The fourth-order valence-electron chi connectivity index (χ4n) is 2.24. The Morgan fingerprint density at radius 2 is 2.00 bits per heavy atom. The standard InChI is InChI=1S/C14H20N2O3Si/c1-6-19-15-13-11-9-10(18-2)7-8-12(11)16(14(13)17)20(3,4)5/h7-9H,6H2,1-5H3/b15-13-. The van der Waals surface area contributed by atoms with Gasteiger partial charge in [0.15, 0.2) is 13.9 Å². The maximum absolute atomic E-state index is 12.6. The molecular formula is C14H20N2O3Si. The number of oxime groups is 1. The number of fused-ring (bicyclic) bond motifs is 1. The van der Waals surface area contributed by atoms with Crippen LogP contribution in [0.1, 0.15) is 12.5 Å². The van der Waals surface area contributed by atoms with Crippen LogP contribution in [0.2, 0.25) is 19.6 Å². The molecule has 20 heavy (non-hydrogen) atoms. The third kappa shape index (κ3) is 2.43. The van der Waals surface area contributed by atoms with Crippen molar-refractivity contribution in [3.05, 3.63) is 23.8 Å². The second kappa shape index (κ2) is 5.28. The lowest BCUT2D eigenvalue weighted by Crippen LogP contribution is -2.49. The summed E-state index contributed by atoms with van der Waals surface area (Å²) in [5, 5.41) is 4.00. The first-order valence-electron chi connectivity index (χ1n) is 6.63. The predicted octanol–water partition coefficient (Wildman–Crippen LogP) is 2.62. The number of anilines is 1. The molecule has 0 unspecified atom stereocenters. The molecule has 0 radical (unpaired) electrons. The quantitative estimate of drug-likeness (QED) is 0.633. The van der Waals surface area contributed by atoms with E-state index >= 15 is 0 Å². The summed E-state index contributed by atoms with van der Waals surface area (Å²) in [7, 11) is -0.235. The van der Waals surface area contributed by atoms with Crippen LogP contribution in [0.3, 0.4) is 0 Å². The zero-order valence-electron chi connectivity index (χ0n) is 12.6. The summed E-state index contributed by atoms with van der Waals surface area (Å²) >= 11 is 0. The summed E-state index contributed by atoms with van der Waals surface area (Å²) < 4.78 is 7.11. The number of amides is 1. The van der Waals surface area contributed by atoms with Gasteiger partial charge in [-0.2, -0.15) is 0 Å². The Bertz CT molecular complexity index is 564. The molecule has 0 N–H and O–H groups in total. The van der Waals surface area contributed by atoms with E-state index in [1.807, 2.05) is 29.7 Å². The van der Waals surface area contributed by atoms with E-state index in [9.17, 15) is 4.79 Å². The molecule has 1 aliphatic rings. The van der Waals surface area contributed by atoms with E-state index in [0.29, 0.717) is 18.1 Å². The molecule has 0 saturated carbocycles. The number of nitrogens with zero attached hydrogens (tertiary/aromatic N) is 2. The Hall–Kier alpha value is -1.82. The highest BCUT2D eigenvalue weighted by Gasteiger charge is 2.41. The molecule has 0 bridgehead atoms. The molecule has 0 atom stereocenters. The van der Waals surface area contributed by atoms with E-state index in [4.69, 9.17) is 9.57 Å². The summed E-state index contributed by atoms with van der Waals surface area (Å²) in [6.45, 7) is 8.66. The van der Waals surface area contributed by atoms with Crippen LogP contribution in [0, 0.1) is 0 Å². The van der Waals surface area contributed by atoms with Gasteiger partial charge in [0.2, 0.25) is 0 Å². The van der Waals surface area contributed by atoms with Crippen LogP contribution < -0.4 is 9.30 Å². The van der Waals surface area contributed by atoms with Crippen LogP contribution in [0.25, 0.3) is 0 Å². The Morgan fingerprint density at radius 1 is 1.30 bits per heavy atom. The number of benzene rings is 1.